The summed E-state index contributed by atoms with van der Waals surface area (Å²) in [5, 5.41) is 21.9. The fourth-order valence-electron chi connectivity index (χ4n) is 4.01. The summed E-state index contributed by atoms with van der Waals surface area (Å²) in [5.41, 5.74) is 2.95. The lowest BCUT2D eigenvalue weighted by atomic mass is 9.85. The van der Waals surface area contributed by atoms with E-state index >= 15 is 0 Å². The third-order valence-electron chi connectivity index (χ3n) is 5.40. The van der Waals surface area contributed by atoms with Crippen molar-refractivity contribution in [1.82, 2.24) is 25.1 Å². The Balaban J connectivity index is 1.38. The highest BCUT2D eigenvalue weighted by atomic mass is 32.1. The molecule has 3 unspecified atom stereocenters. The number of ether oxygens (including phenoxy) is 1. The number of hydrogen-bond acceptors (Lipinski definition) is 8. The van der Waals surface area contributed by atoms with Gasteiger partial charge in [0.05, 0.1) is 23.5 Å². The molecule has 9 heteroatoms. The lowest BCUT2D eigenvalue weighted by Gasteiger charge is -2.20. The maximum absolute atomic E-state index is 9.57. The van der Waals surface area contributed by atoms with Gasteiger partial charge in [0.2, 0.25) is 0 Å². The SMILES string of the molecule is OC1OC1C1CCc2c(sc3ncnc(Nc4cnc5[nH]ncc5c4)c23)C1. The Morgan fingerprint density at radius 2 is 2.19 bits per heavy atom. The molecule has 0 bridgehead atoms. The highest BCUT2D eigenvalue weighted by molar-refractivity contribution is 7.19. The second-order valence-electron chi connectivity index (χ2n) is 7.06. The van der Waals surface area contributed by atoms with E-state index in [9.17, 15) is 5.11 Å². The smallest absolute Gasteiger partial charge is 0.182 e. The van der Waals surface area contributed by atoms with Gasteiger partial charge < -0.3 is 15.2 Å². The highest BCUT2D eigenvalue weighted by Crippen LogP contribution is 2.44. The first-order chi connectivity index (χ1) is 13.3. The average molecular weight is 380 g/mol. The summed E-state index contributed by atoms with van der Waals surface area (Å²) in [6, 6.07) is 2.00. The van der Waals surface area contributed by atoms with Gasteiger partial charge >= 0.3 is 0 Å². The quantitative estimate of drug-likeness (QED) is 0.468. The van der Waals surface area contributed by atoms with Gasteiger partial charge in [-0.05, 0) is 36.8 Å². The Bertz CT molecular complexity index is 1170. The van der Waals surface area contributed by atoms with Crippen LogP contribution in [0.1, 0.15) is 16.9 Å². The van der Waals surface area contributed by atoms with Gasteiger partial charge in [-0.25, -0.2) is 15.0 Å². The number of nitrogens with one attached hydrogen (secondary N) is 2. The Hall–Kier alpha value is -2.62. The van der Waals surface area contributed by atoms with Crippen molar-refractivity contribution in [3.63, 3.8) is 0 Å². The van der Waals surface area contributed by atoms with Gasteiger partial charge in [0.15, 0.2) is 11.9 Å². The fraction of sp³-hybridized carbons (Fsp3) is 0.333. The van der Waals surface area contributed by atoms with E-state index in [1.807, 2.05) is 6.07 Å². The minimum absolute atomic E-state index is 0.000182. The third kappa shape index (κ3) is 2.50. The Labute approximate surface area is 157 Å². The van der Waals surface area contributed by atoms with Crippen LogP contribution >= 0.6 is 11.3 Å². The summed E-state index contributed by atoms with van der Waals surface area (Å²) in [7, 11) is 0. The molecule has 0 saturated carbocycles. The van der Waals surface area contributed by atoms with Crippen molar-refractivity contribution in [3.05, 3.63) is 35.2 Å². The molecule has 0 spiro atoms. The molecule has 4 aromatic heterocycles. The molecule has 6 rings (SSSR count). The van der Waals surface area contributed by atoms with Crippen LogP contribution in [-0.2, 0) is 17.6 Å². The summed E-state index contributed by atoms with van der Waals surface area (Å²) >= 11 is 1.72. The summed E-state index contributed by atoms with van der Waals surface area (Å²) in [4.78, 5) is 15.7. The van der Waals surface area contributed by atoms with Crippen molar-refractivity contribution >= 4 is 44.1 Å². The molecular formula is C18H16N6O2S. The number of hydrogen-bond donors (Lipinski definition) is 3. The molecule has 4 aromatic rings. The van der Waals surface area contributed by atoms with Crippen molar-refractivity contribution in [2.75, 3.05) is 5.32 Å². The Kier molecular flexibility index (Phi) is 3.25. The number of nitrogens with zero attached hydrogens (tertiary/aromatic N) is 4. The number of aromatic amines is 1. The van der Waals surface area contributed by atoms with Gasteiger partial charge in [-0.3, -0.25) is 5.10 Å². The number of epoxide rings is 1. The minimum Gasteiger partial charge on any atom is -0.366 e. The number of aliphatic hydroxyl groups is 1. The molecule has 0 aromatic carbocycles. The number of thiophene rings is 1. The molecule has 1 fully saturated rings. The molecule has 1 saturated heterocycles. The number of fused-ring (bicyclic) bond motifs is 4. The number of aliphatic hydroxyl groups excluding tert-OH is 1. The van der Waals surface area contributed by atoms with Crippen LogP contribution in [0.15, 0.2) is 24.8 Å². The van der Waals surface area contributed by atoms with Crippen LogP contribution in [0.5, 0.6) is 0 Å². The summed E-state index contributed by atoms with van der Waals surface area (Å²) in [5.74, 6) is 1.20. The molecule has 136 valence electrons. The van der Waals surface area contributed by atoms with Crippen LogP contribution < -0.4 is 5.32 Å². The van der Waals surface area contributed by atoms with E-state index in [2.05, 4.69) is 30.5 Å². The second-order valence-corrected chi connectivity index (χ2v) is 8.14. The molecule has 1 aliphatic heterocycles. The number of aromatic nitrogens is 5. The number of anilines is 2. The van der Waals surface area contributed by atoms with Crippen molar-refractivity contribution < 1.29 is 9.84 Å². The topological polar surface area (TPSA) is 112 Å². The van der Waals surface area contributed by atoms with Crippen LogP contribution in [0.3, 0.4) is 0 Å². The molecular weight excluding hydrogens is 364 g/mol. The van der Waals surface area contributed by atoms with Gasteiger partial charge in [0.25, 0.3) is 0 Å². The molecule has 3 atom stereocenters. The number of aryl methyl sites for hydroxylation is 1. The predicted molar refractivity (Wildman–Crippen MR) is 101 cm³/mol. The average Bonchev–Trinajstić information content (AvgIpc) is 3.08. The first-order valence-electron chi connectivity index (χ1n) is 8.91. The van der Waals surface area contributed by atoms with E-state index in [0.717, 1.165) is 52.0 Å². The minimum atomic E-state index is -0.576. The van der Waals surface area contributed by atoms with Crippen LogP contribution in [-0.4, -0.2) is 42.6 Å². The van der Waals surface area contributed by atoms with E-state index in [1.165, 1.54) is 10.4 Å². The first-order valence-corrected chi connectivity index (χ1v) is 9.73. The molecule has 0 radical (unpaired) electrons. The maximum Gasteiger partial charge on any atom is 0.182 e. The second kappa shape index (κ2) is 5.69. The van der Waals surface area contributed by atoms with Gasteiger partial charge in [-0.1, -0.05) is 0 Å². The summed E-state index contributed by atoms with van der Waals surface area (Å²) < 4.78 is 5.28. The lowest BCUT2D eigenvalue weighted by molar-refractivity contribution is 0.155. The summed E-state index contributed by atoms with van der Waals surface area (Å²) in [6.07, 6.45) is 7.44. The fourth-order valence-corrected chi connectivity index (χ4v) is 5.29. The van der Waals surface area contributed by atoms with Gasteiger partial charge in [0.1, 0.15) is 23.1 Å². The third-order valence-corrected chi connectivity index (χ3v) is 6.57. The molecule has 0 amide bonds. The molecule has 27 heavy (non-hydrogen) atoms. The van der Waals surface area contributed by atoms with Crippen molar-refractivity contribution in [1.29, 1.82) is 0 Å². The number of rotatable bonds is 3. The highest BCUT2D eigenvalue weighted by Gasteiger charge is 2.45. The van der Waals surface area contributed by atoms with Crippen LogP contribution in [0.2, 0.25) is 0 Å². The monoisotopic (exact) mass is 380 g/mol. The van der Waals surface area contributed by atoms with E-state index in [-0.39, 0.29) is 6.10 Å². The molecule has 1 aliphatic carbocycles. The largest absolute Gasteiger partial charge is 0.366 e. The Morgan fingerprint density at radius 3 is 3.07 bits per heavy atom. The van der Waals surface area contributed by atoms with Gasteiger partial charge in [-0.15, -0.1) is 11.3 Å². The number of pyridine rings is 1. The lowest BCUT2D eigenvalue weighted by Crippen LogP contribution is -2.19. The van der Waals surface area contributed by atoms with Crippen molar-refractivity contribution in [2.24, 2.45) is 5.92 Å². The normalized spacial score (nSPS) is 24.3. The zero-order valence-corrected chi connectivity index (χ0v) is 15.0. The predicted octanol–water partition coefficient (Wildman–Crippen LogP) is 2.53. The molecule has 8 nitrogen and oxygen atoms in total. The van der Waals surface area contributed by atoms with Crippen LogP contribution in [0.4, 0.5) is 11.5 Å². The number of H-pyrrole nitrogens is 1. The van der Waals surface area contributed by atoms with Crippen LogP contribution in [0.25, 0.3) is 21.3 Å². The van der Waals surface area contributed by atoms with Crippen LogP contribution in [0, 0.1) is 5.92 Å². The van der Waals surface area contributed by atoms with E-state index in [4.69, 9.17) is 4.74 Å². The molecule has 2 aliphatic rings. The standard InChI is InChI=1S/C18H16N6O2S/c25-18-14(26-18)8-1-2-11-12(4-8)27-17-13(11)16(20-7-21-17)23-10-3-9-5-22-24-15(9)19-6-10/h3,5-8,14,18,25H,1-2,4H2,(H,19,22,24)(H,20,21,23). The summed E-state index contributed by atoms with van der Waals surface area (Å²) in [6.45, 7) is 0. The van der Waals surface area contributed by atoms with Crippen molar-refractivity contribution in [2.45, 2.75) is 31.7 Å². The maximum atomic E-state index is 9.57. The zero-order chi connectivity index (χ0) is 18.0. The van der Waals surface area contributed by atoms with Crippen molar-refractivity contribution in [3.8, 4) is 0 Å². The van der Waals surface area contributed by atoms with E-state index in [1.54, 1.807) is 30.1 Å². The molecule has 3 N–H and O–H groups in total. The van der Waals surface area contributed by atoms with E-state index in [0.29, 0.717) is 5.92 Å². The van der Waals surface area contributed by atoms with Gasteiger partial charge in [-0.2, -0.15) is 5.10 Å². The first kappa shape index (κ1) is 15.4. The zero-order valence-electron chi connectivity index (χ0n) is 14.2. The van der Waals surface area contributed by atoms with Gasteiger partial charge in [0, 0.05) is 10.3 Å². The molecule has 5 heterocycles. The van der Waals surface area contributed by atoms with E-state index < -0.39 is 6.29 Å². The Morgan fingerprint density at radius 1 is 1.26 bits per heavy atom.